The van der Waals surface area contributed by atoms with Gasteiger partial charge in [0.1, 0.15) is 5.82 Å². The van der Waals surface area contributed by atoms with Gasteiger partial charge in [-0.1, -0.05) is 18.2 Å². The number of nitrogens with zero attached hydrogens (tertiary/aromatic N) is 3. The molecule has 1 aromatic heterocycles. The van der Waals surface area contributed by atoms with Crippen LogP contribution in [-0.2, 0) is 0 Å². The van der Waals surface area contributed by atoms with Crippen LogP contribution in [0.4, 0.5) is 5.82 Å². The van der Waals surface area contributed by atoms with Gasteiger partial charge >= 0.3 is 5.97 Å². The van der Waals surface area contributed by atoms with Crippen LogP contribution in [0.25, 0.3) is 10.9 Å². The van der Waals surface area contributed by atoms with Gasteiger partial charge in [0.05, 0.1) is 23.1 Å². The lowest BCUT2D eigenvalue weighted by atomic mass is 10.1. The summed E-state index contributed by atoms with van der Waals surface area (Å²) in [5, 5.41) is 19.0. The third-order valence-corrected chi connectivity index (χ3v) is 3.35. The summed E-state index contributed by atoms with van der Waals surface area (Å²) in [6.45, 7) is 4.98. The minimum Gasteiger partial charge on any atom is -0.478 e. The normalized spacial score (nSPS) is 11.9. The zero-order valence-corrected chi connectivity index (χ0v) is 12.1. The Kier molecular flexibility index (Phi) is 4.39. The lowest BCUT2D eigenvalue weighted by Crippen LogP contribution is -2.28. The number of carboxylic acid groups (broad SMARTS) is 1. The Hall–Kier alpha value is -2.61. The van der Waals surface area contributed by atoms with Crippen LogP contribution >= 0.6 is 0 Å². The Labute approximate surface area is 123 Å². The highest BCUT2D eigenvalue weighted by molar-refractivity contribution is 6.03. The van der Waals surface area contributed by atoms with Gasteiger partial charge in [-0.05, 0) is 26.0 Å². The molecule has 5 heteroatoms. The number of para-hydroxylation sites is 1. The standard InChI is InChI=1S/C16H17N3O2/c1-3-19(10-11(2)9-17)15-8-13(16(20)21)12-6-4-5-7-14(12)18-15/h4-8,11H,3,10H2,1-2H3,(H,20,21). The molecule has 0 aliphatic heterocycles. The van der Waals surface area contributed by atoms with E-state index in [9.17, 15) is 9.90 Å². The van der Waals surface area contributed by atoms with Crippen molar-refractivity contribution in [1.82, 2.24) is 4.98 Å². The van der Waals surface area contributed by atoms with Crippen molar-refractivity contribution in [2.24, 2.45) is 5.92 Å². The second-order valence-corrected chi connectivity index (χ2v) is 4.92. The van der Waals surface area contributed by atoms with E-state index in [1.54, 1.807) is 24.3 Å². The predicted octanol–water partition coefficient (Wildman–Crippen LogP) is 2.92. The summed E-state index contributed by atoms with van der Waals surface area (Å²) in [5.74, 6) is -0.526. The van der Waals surface area contributed by atoms with Crippen LogP contribution in [0.5, 0.6) is 0 Å². The largest absolute Gasteiger partial charge is 0.478 e. The van der Waals surface area contributed by atoms with Crippen LogP contribution in [0, 0.1) is 17.2 Å². The number of hydrogen-bond donors (Lipinski definition) is 1. The molecule has 1 N–H and O–H groups in total. The van der Waals surface area contributed by atoms with Crippen molar-refractivity contribution in [3.05, 3.63) is 35.9 Å². The maximum absolute atomic E-state index is 11.5. The number of pyridine rings is 1. The molecule has 0 saturated carbocycles. The first-order chi connectivity index (χ1) is 10.1. The summed E-state index contributed by atoms with van der Waals surface area (Å²) < 4.78 is 0. The summed E-state index contributed by atoms with van der Waals surface area (Å²) in [6, 6.07) is 11.0. The maximum atomic E-state index is 11.5. The predicted molar refractivity (Wildman–Crippen MR) is 81.4 cm³/mol. The highest BCUT2D eigenvalue weighted by atomic mass is 16.4. The molecular weight excluding hydrogens is 266 g/mol. The second kappa shape index (κ2) is 6.23. The number of aromatic carboxylic acids is 1. The Balaban J connectivity index is 2.53. The Morgan fingerprint density at radius 2 is 2.19 bits per heavy atom. The highest BCUT2D eigenvalue weighted by Crippen LogP contribution is 2.23. The zero-order chi connectivity index (χ0) is 15.4. The minimum absolute atomic E-state index is 0.147. The fraction of sp³-hybridized carbons (Fsp3) is 0.312. The summed E-state index contributed by atoms with van der Waals surface area (Å²) in [6.07, 6.45) is 0. The van der Waals surface area contributed by atoms with E-state index in [0.717, 1.165) is 0 Å². The van der Waals surface area contributed by atoms with Crippen molar-refractivity contribution in [2.75, 3.05) is 18.0 Å². The molecule has 2 rings (SSSR count). The molecule has 0 aliphatic carbocycles. The van der Waals surface area contributed by atoms with E-state index in [2.05, 4.69) is 11.1 Å². The van der Waals surface area contributed by atoms with Gasteiger partial charge in [-0.2, -0.15) is 5.26 Å². The van der Waals surface area contributed by atoms with Gasteiger partial charge in [-0.15, -0.1) is 0 Å². The molecule has 1 atom stereocenters. The first-order valence-corrected chi connectivity index (χ1v) is 6.84. The van der Waals surface area contributed by atoms with E-state index in [0.29, 0.717) is 29.8 Å². The zero-order valence-electron chi connectivity index (χ0n) is 12.1. The van der Waals surface area contributed by atoms with Crippen LogP contribution in [0.2, 0.25) is 0 Å². The molecule has 0 aliphatic rings. The lowest BCUT2D eigenvalue weighted by molar-refractivity contribution is 0.0699. The summed E-state index contributed by atoms with van der Waals surface area (Å²) in [5.41, 5.74) is 0.883. The van der Waals surface area contributed by atoms with Gasteiger partial charge in [-0.3, -0.25) is 0 Å². The first-order valence-electron chi connectivity index (χ1n) is 6.84. The topological polar surface area (TPSA) is 77.2 Å². The molecule has 0 fully saturated rings. The molecule has 1 unspecified atom stereocenters. The number of fused-ring (bicyclic) bond motifs is 1. The number of rotatable bonds is 5. The van der Waals surface area contributed by atoms with Gasteiger partial charge in [0.25, 0.3) is 0 Å². The SMILES string of the molecule is CCN(CC(C)C#N)c1cc(C(=O)O)c2ccccc2n1. The van der Waals surface area contributed by atoms with Crippen molar-refractivity contribution >= 4 is 22.7 Å². The van der Waals surface area contributed by atoms with E-state index in [4.69, 9.17) is 5.26 Å². The molecule has 1 heterocycles. The van der Waals surface area contributed by atoms with Gasteiger partial charge < -0.3 is 10.0 Å². The van der Waals surface area contributed by atoms with Crippen molar-refractivity contribution in [1.29, 1.82) is 5.26 Å². The average molecular weight is 283 g/mol. The molecule has 0 bridgehead atoms. The average Bonchev–Trinajstić information content (AvgIpc) is 2.50. The van der Waals surface area contributed by atoms with Crippen LogP contribution in [0.15, 0.2) is 30.3 Å². The van der Waals surface area contributed by atoms with Crippen LogP contribution in [0.3, 0.4) is 0 Å². The summed E-state index contributed by atoms with van der Waals surface area (Å²) >= 11 is 0. The van der Waals surface area contributed by atoms with E-state index in [1.807, 2.05) is 24.8 Å². The van der Waals surface area contributed by atoms with Crippen LogP contribution in [0.1, 0.15) is 24.2 Å². The molecular formula is C16H17N3O2. The minimum atomic E-state index is -0.973. The van der Waals surface area contributed by atoms with E-state index < -0.39 is 5.97 Å². The van der Waals surface area contributed by atoms with Crippen molar-refractivity contribution < 1.29 is 9.90 Å². The van der Waals surface area contributed by atoms with E-state index >= 15 is 0 Å². The maximum Gasteiger partial charge on any atom is 0.336 e. The number of carboxylic acids is 1. The molecule has 108 valence electrons. The fourth-order valence-electron chi connectivity index (χ4n) is 2.26. The van der Waals surface area contributed by atoms with Crippen LogP contribution < -0.4 is 4.90 Å². The van der Waals surface area contributed by atoms with E-state index in [-0.39, 0.29) is 11.5 Å². The monoisotopic (exact) mass is 283 g/mol. The summed E-state index contributed by atoms with van der Waals surface area (Å²) in [7, 11) is 0. The molecule has 0 amide bonds. The van der Waals surface area contributed by atoms with Gasteiger partial charge in [0, 0.05) is 18.5 Å². The van der Waals surface area contributed by atoms with Crippen molar-refractivity contribution in [2.45, 2.75) is 13.8 Å². The molecule has 0 spiro atoms. The van der Waals surface area contributed by atoms with Gasteiger partial charge in [0.15, 0.2) is 0 Å². The fourth-order valence-corrected chi connectivity index (χ4v) is 2.26. The first kappa shape index (κ1) is 14.8. The number of hydrogen-bond acceptors (Lipinski definition) is 4. The molecule has 0 radical (unpaired) electrons. The summed E-state index contributed by atoms with van der Waals surface area (Å²) in [4.78, 5) is 17.9. The molecule has 21 heavy (non-hydrogen) atoms. The van der Waals surface area contributed by atoms with E-state index in [1.165, 1.54) is 0 Å². The molecule has 0 saturated heterocycles. The smallest absolute Gasteiger partial charge is 0.336 e. The Morgan fingerprint density at radius 3 is 2.81 bits per heavy atom. The van der Waals surface area contributed by atoms with Crippen LogP contribution in [-0.4, -0.2) is 29.1 Å². The molecule has 5 nitrogen and oxygen atoms in total. The number of benzene rings is 1. The number of anilines is 1. The Morgan fingerprint density at radius 1 is 1.48 bits per heavy atom. The molecule has 2 aromatic rings. The highest BCUT2D eigenvalue weighted by Gasteiger charge is 2.16. The van der Waals surface area contributed by atoms with Crippen molar-refractivity contribution in [3.63, 3.8) is 0 Å². The number of nitriles is 1. The molecule has 1 aromatic carbocycles. The Bertz CT molecular complexity index is 706. The van der Waals surface area contributed by atoms with Gasteiger partial charge in [-0.25, -0.2) is 9.78 Å². The third kappa shape index (κ3) is 3.11. The second-order valence-electron chi connectivity index (χ2n) is 4.92. The quantitative estimate of drug-likeness (QED) is 0.912. The van der Waals surface area contributed by atoms with Gasteiger partial charge in [0.2, 0.25) is 0 Å². The third-order valence-electron chi connectivity index (χ3n) is 3.35. The number of aromatic nitrogens is 1. The number of carbonyl (C=O) groups is 1. The lowest BCUT2D eigenvalue weighted by Gasteiger charge is -2.23. The van der Waals surface area contributed by atoms with Crippen molar-refractivity contribution in [3.8, 4) is 6.07 Å².